The van der Waals surface area contributed by atoms with Gasteiger partial charge >= 0.3 is 0 Å². The number of hydrogen-bond donors (Lipinski definition) is 1. The van der Waals surface area contributed by atoms with Crippen molar-refractivity contribution in [2.45, 2.75) is 11.9 Å². The fourth-order valence-electron chi connectivity index (χ4n) is 2.19. The molecular weight excluding hydrogens is 326 g/mol. The van der Waals surface area contributed by atoms with Crippen LogP contribution < -0.4 is 4.74 Å². The molecule has 1 atom stereocenters. The maximum atomic E-state index is 13.6. The van der Waals surface area contributed by atoms with Crippen molar-refractivity contribution in [2.75, 3.05) is 12.9 Å². The first kappa shape index (κ1) is 17.4. The highest BCUT2D eigenvalue weighted by molar-refractivity contribution is 7.90. The van der Waals surface area contributed by atoms with Gasteiger partial charge in [-0.2, -0.15) is 0 Å². The van der Waals surface area contributed by atoms with Gasteiger partial charge in [-0.3, -0.25) is 0 Å². The van der Waals surface area contributed by atoms with Crippen molar-refractivity contribution in [1.29, 1.82) is 0 Å². The molecule has 2 rings (SSSR count). The van der Waals surface area contributed by atoms with E-state index in [0.717, 1.165) is 12.1 Å². The van der Waals surface area contributed by atoms with Crippen LogP contribution in [0.2, 0.25) is 0 Å². The third kappa shape index (κ3) is 4.49. The van der Waals surface area contributed by atoms with Gasteiger partial charge < -0.3 is 9.84 Å². The molecule has 7 heteroatoms. The van der Waals surface area contributed by atoms with Gasteiger partial charge in [0.2, 0.25) is 0 Å². The van der Waals surface area contributed by atoms with Crippen molar-refractivity contribution in [3.05, 3.63) is 65.2 Å². The van der Waals surface area contributed by atoms with E-state index in [1.165, 1.54) is 37.4 Å². The van der Waals surface area contributed by atoms with E-state index in [9.17, 15) is 22.3 Å². The minimum atomic E-state index is -3.76. The van der Waals surface area contributed by atoms with Crippen LogP contribution in [0.15, 0.2) is 42.5 Å². The van der Waals surface area contributed by atoms with Gasteiger partial charge in [-0.1, -0.05) is 24.3 Å². The molecule has 0 radical (unpaired) electrons. The number of halogens is 2. The second kappa shape index (κ2) is 7.06. The van der Waals surface area contributed by atoms with Gasteiger partial charge in [0.25, 0.3) is 0 Å². The van der Waals surface area contributed by atoms with Crippen LogP contribution in [0.1, 0.15) is 17.2 Å². The lowest BCUT2D eigenvalue weighted by Crippen LogP contribution is -2.17. The summed E-state index contributed by atoms with van der Waals surface area (Å²) in [5.41, 5.74) is 0.140. The van der Waals surface area contributed by atoms with E-state index >= 15 is 0 Å². The van der Waals surface area contributed by atoms with Crippen molar-refractivity contribution >= 4 is 9.84 Å². The van der Waals surface area contributed by atoms with E-state index < -0.39 is 39.1 Å². The first-order valence-corrected chi connectivity index (χ1v) is 8.60. The third-order valence-corrected chi connectivity index (χ3v) is 4.88. The second-order valence-electron chi connectivity index (χ2n) is 5.06. The molecule has 0 amide bonds. The molecule has 4 nitrogen and oxygen atoms in total. The summed E-state index contributed by atoms with van der Waals surface area (Å²) < 4.78 is 56.2. The molecule has 2 aromatic carbocycles. The molecule has 0 saturated carbocycles. The van der Waals surface area contributed by atoms with Gasteiger partial charge in [0, 0.05) is 5.56 Å². The molecule has 1 N–H and O–H groups in total. The smallest absolute Gasteiger partial charge is 0.165 e. The average molecular weight is 342 g/mol. The number of aliphatic hydroxyl groups excluding tert-OH is 1. The zero-order chi connectivity index (χ0) is 17.0. The number of hydrogen-bond acceptors (Lipinski definition) is 4. The first-order valence-electron chi connectivity index (χ1n) is 6.78. The highest BCUT2D eigenvalue weighted by atomic mass is 32.2. The van der Waals surface area contributed by atoms with E-state index in [1.807, 2.05) is 0 Å². The van der Waals surface area contributed by atoms with Crippen molar-refractivity contribution in [3.8, 4) is 5.75 Å². The van der Waals surface area contributed by atoms with Gasteiger partial charge in [-0.15, -0.1) is 0 Å². The topological polar surface area (TPSA) is 63.6 Å². The summed E-state index contributed by atoms with van der Waals surface area (Å²) in [6.07, 6.45) is -1.48. The minimum absolute atomic E-state index is 0.0116. The minimum Gasteiger partial charge on any atom is -0.494 e. The molecule has 0 bridgehead atoms. The molecule has 0 fully saturated rings. The SMILES string of the molecule is COc1ccc(CS(=O)(=O)CC(O)c2ccccc2F)cc1F. The highest BCUT2D eigenvalue weighted by Crippen LogP contribution is 2.22. The summed E-state index contributed by atoms with van der Waals surface area (Å²) in [5, 5.41) is 9.94. The van der Waals surface area contributed by atoms with Crippen LogP contribution in [0.4, 0.5) is 8.78 Å². The molecule has 2 aromatic rings. The zero-order valence-corrected chi connectivity index (χ0v) is 13.2. The maximum Gasteiger partial charge on any atom is 0.165 e. The lowest BCUT2D eigenvalue weighted by Gasteiger charge is -2.13. The molecule has 23 heavy (non-hydrogen) atoms. The number of ether oxygens (including phenoxy) is 1. The number of benzene rings is 2. The van der Waals surface area contributed by atoms with Crippen LogP contribution in [-0.4, -0.2) is 26.4 Å². The normalized spacial score (nSPS) is 12.9. The van der Waals surface area contributed by atoms with Crippen LogP contribution >= 0.6 is 0 Å². The lowest BCUT2D eigenvalue weighted by atomic mass is 10.1. The van der Waals surface area contributed by atoms with Gasteiger partial charge in [0.1, 0.15) is 5.82 Å². The zero-order valence-electron chi connectivity index (χ0n) is 12.4. The summed E-state index contributed by atoms with van der Waals surface area (Å²) in [6, 6.07) is 9.23. The van der Waals surface area contributed by atoms with Crippen LogP contribution in [0.3, 0.4) is 0 Å². The van der Waals surface area contributed by atoms with Crippen LogP contribution in [0, 0.1) is 11.6 Å². The summed E-state index contributed by atoms with van der Waals surface area (Å²) in [6.45, 7) is 0. The molecule has 0 aliphatic heterocycles. The van der Waals surface area contributed by atoms with Crippen LogP contribution in [0.5, 0.6) is 5.75 Å². The predicted octanol–water partition coefficient (Wildman–Crippen LogP) is 2.62. The molecule has 0 aromatic heterocycles. The Labute approximate surface area is 133 Å². The summed E-state index contributed by atoms with van der Waals surface area (Å²) in [4.78, 5) is 0. The fraction of sp³-hybridized carbons (Fsp3) is 0.250. The summed E-state index contributed by atoms with van der Waals surface area (Å²) >= 11 is 0. The third-order valence-electron chi connectivity index (χ3n) is 3.28. The maximum absolute atomic E-state index is 13.6. The number of sulfone groups is 1. The molecule has 124 valence electrons. The Bertz CT molecular complexity index is 790. The fourth-order valence-corrected chi connectivity index (χ4v) is 3.65. The average Bonchev–Trinajstić information content (AvgIpc) is 2.46. The molecule has 0 heterocycles. The van der Waals surface area contributed by atoms with Crippen LogP contribution in [-0.2, 0) is 15.6 Å². The van der Waals surface area contributed by atoms with E-state index in [0.29, 0.717) is 0 Å². The Hall–Kier alpha value is -1.99. The van der Waals surface area contributed by atoms with Gasteiger partial charge in [-0.25, -0.2) is 17.2 Å². The van der Waals surface area contributed by atoms with E-state index in [4.69, 9.17) is 4.74 Å². The van der Waals surface area contributed by atoms with Crippen molar-refractivity contribution in [2.24, 2.45) is 0 Å². The van der Waals surface area contributed by atoms with Crippen molar-refractivity contribution in [3.63, 3.8) is 0 Å². The Morgan fingerprint density at radius 2 is 1.83 bits per heavy atom. The van der Waals surface area contributed by atoms with Gasteiger partial charge in [-0.05, 0) is 23.8 Å². The molecule has 0 saturated heterocycles. The molecule has 0 spiro atoms. The van der Waals surface area contributed by atoms with E-state index in [2.05, 4.69) is 0 Å². The Morgan fingerprint density at radius 1 is 1.13 bits per heavy atom. The van der Waals surface area contributed by atoms with Crippen molar-refractivity contribution < 1.29 is 27.0 Å². The molecule has 0 aliphatic rings. The monoisotopic (exact) mass is 342 g/mol. The number of aliphatic hydroxyl groups is 1. The lowest BCUT2D eigenvalue weighted by molar-refractivity contribution is 0.196. The molecule has 0 aliphatic carbocycles. The highest BCUT2D eigenvalue weighted by Gasteiger charge is 2.22. The Morgan fingerprint density at radius 3 is 2.43 bits per heavy atom. The van der Waals surface area contributed by atoms with Crippen molar-refractivity contribution in [1.82, 2.24) is 0 Å². The number of rotatable bonds is 6. The quantitative estimate of drug-likeness (QED) is 0.876. The largest absolute Gasteiger partial charge is 0.494 e. The van der Waals surface area contributed by atoms with Gasteiger partial charge in [0.15, 0.2) is 21.4 Å². The van der Waals surface area contributed by atoms with E-state index in [-0.39, 0.29) is 16.9 Å². The Kier molecular flexibility index (Phi) is 5.33. The molecule has 1 unspecified atom stereocenters. The standard InChI is InChI=1S/C16H16F2O4S/c1-22-16-7-6-11(8-14(16)18)9-23(20,21)10-15(19)12-4-2-3-5-13(12)17/h2-8,15,19H,9-10H2,1H3. The Balaban J connectivity index is 2.13. The summed E-state index contributed by atoms with van der Waals surface area (Å²) in [7, 11) is -2.45. The summed E-state index contributed by atoms with van der Waals surface area (Å²) in [5.74, 6) is -2.45. The van der Waals surface area contributed by atoms with E-state index in [1.54, 1.807) is 0 Å². The molecular formula is C16H16F2O4S. The first-order chi connectivity index (χ1) is 10.8. The predicted molar refractivity (Wildman–Crippen MR) is 81.8 cm³/mol. The number of methoxy groups -OCH3 is 1. The van der Waals surface area contributed by atoms with Gasteiger partial charge in [0.05, 0.1) is 24.7 Å². The van der Waals surface area contributed by atoms with Crippen LogP contribution in [0.25, 0.3) is 0 Å². The second-order valence-corrected chi connectivity index (χ2v) is 7.17.